The molecule has 0 spiro atoms. The second kappa shape index (κ2) is 22.8. The molecule has 1 aliphatic heterocycles. The minimum Gasteiger partial charge on any atom is -0.370 e. The molecule has 0 aromatic heterocycles. The van der Waals surface area contributed by atoms with Crippen LogP contribution >= 0.6 is 0 Å². The van der Waals surface area contributed by atoms with E-state index in [1.54, 1.807) is 0 Å². The molecule has 0 aliphatic carbocycles. The Kier molecular flexibility index (Phi) is 19.4. The van der Waals surface area contributed by atoms with E-state index in [9.17, 15) is 57.5 Å². The van der Waals surface area contributed by atoms with Crippen molar-refractivity contribution in [3.8, 4) is 0 Å². The normalized spacial score (nSPS) is 26.6. The first-order valence-electron chi connectivity index (χ1n) is 17.6. The summed E-state index contributed by atoms with van der Waals surface area (Å²) in [5, 5.41) is 18.7. The Hall–Kier alpha value is -6.36. The largest absolute Gasteiger partial charge is 0.370 e. The second-order valence-electron chi connectivity index (χ2n) is 13.2. The molecule has 1 rings (SSSR count). The van der Waals surface area contributed by atoms with Gasteiger partial charge in [-0.15, -0.1) is 0 Å². The highest BCUT2D eigenvalue weighted by Crippen LogP contribution is 2.06. The number of primary amides is 4. The molecule has 8 atom stereocenters. The summed E-state index contributed by atoms with van der Waals surface area (Å²) in [6.07, 6.45) is -3.01. The Balaban J connectivity index is 3.62. The first kappa shape index (κ1) is 47.7. The van der Waals surface area contributed by atoms with Crippen LogP contribution in [-0.2, 0) is 57.5 Å². The van der Waals surface area contributed by atoms with Crippen LogP contribution in [0.2, 0.25) is 0 Å². The molecule has 0 unspecified atom stereocenters. The Morgan fingerprint density at radius 3 is 0.643 bits per heavy atom. The molecule has 56 heavy (non-hydrogen) atoms. The summed E-state index contributed by atoms with van der Waals surface area (Å²) in [5.74, 6) is -11.1. The van der Waals surface area contributed by atoms with Gasteiger partial charge in [-0.05, 0) is 53.4 Å². The summed E-state index contributed by atoms with van der Waals surface area (Å²) in [4.78, 5) is 152. The van der Waals surface area contributed by atoms with Crippen LogP contribution in [0.5, 0.6) is 0 Å². The third kappa shape index (κ3) is 17.2. The number of carbonyl (C=O) groups is 12. The van der Waals surface area contributed by atoms with Crippen LogP contribution in [0.1, 0.15) is 79.1 Å². The molecule has 16 N–H and O–H groups in total. The fourth-order valence-electron chi connectivity index (χ4n) is 4.93. The van der Waals surface area contributed by atoms with E-state index in [1.807, 2.05) is 0 Å². The van der Waals surface area contributed by atoms with Crippen LogP contribution < -0.4 is 65.5 Å². The van der Waals surface area contributed by atoms with Gasteiger partial charge in [0.1, 0.15) is 48.3 Å². The van der Waals surface area contributed by atoms with Crippen molar-refractivity contribution in [2.24, 2.45) is 22.9 Å². The zero-order chi connectivity index (χ0) is 42.9. The van der Waals surface area contributed by atoms with Crippen LogP contribution in [0, 0.1) is 0 Å². The van der Waals surface area contributed by atoms with Crippen molar-refractivity contribution >= 4 is 70.9 Å². The quantitative estimate of drug-likeness (QED) is 0.0877. The predicted molar refractivity (Wildman–Crippen MR) is 192 cm³/mol. The molecule has 0 radical (unpaired) electrons. The summed E-state index contributed by atoms with van der Waals surface area (Å²) in [7, 11) is 0. The number of hydrogen-bond donors (Lipinski definition) is 12. The van der Waals surface area contributed by atoms with E-state index < -0.39 is 145 Å². The van der Waals surface area contributed by atoms with E-state index in [-0.39, 0.29) is 25.7 Å². The minimum atomic E-state index is -1.50. The smallest absolute Gasteiger partial charge is 0.243 e. The Bertz CT molecular complexity index is 1330. The van der Waals surface area contributed by atoms with Gasteiger partial charge >= 0.3 is 0 Å². The fourth-order valence-corrected chi connectivity index (χ4v) is 4.93. The zero-order valence-corrected chi connectivity index (χ0v) is 31.5. The van der Waals surface area contributed by atoms with Crippen LogP contribution in [0.3, 0.4) is 0 Å². The summed E-state index contributed by atoms with van der Waals surface area (Å²) in [5.41, 5.74) is 20.9. The van der Waals surface area contributed by atoms with Gasteiger partial charge in [-0.25, -0.2) is 0 Å². The number of amides is 12. The molecule has 0 saturated carbocycles. The number of carbonyl (C=O) groups excluding carboxylic acids is 12. The highest BCUT2D eigenvalue weighted by molar-refractivity contribution is 5.99. The van der Waals surface area contributed by atoms with Crippen LogP contribution in [0.25, 0.3) is 0 Å². The molecule has 24 heteroatoms. The van der Waals surface area contributed by atoms with Crippen molar-refractivity contribution in [2.75, 3.05) is 0 Å². The third-order valence-corrected chi connectivity index (χ3v) is 8.26. The molecule has 0 bridgehead atoms. The van der Waals surface area contributed by atoms with Gasteiger partial charge in [0.15, 0.2) is 0 Å². The predicted octanol–water partition coefficient (Wildman–Crippen LogP) is -6.98. The lowest BCUT2D eigenvalue weighted by Crippen LogP contribution is -2.60. The van der Waals surface area contributed by atoms with Gasteiger partial charge in [-0.1, -0.05) is 0 Å². The number of nitrogens with one attached hydrogen (secondary N) is 8. The summed E-state index contributed by atoms with van der Waals surface area (Å²) >= 11 is 0. The molecule has 1 heterocycles. The van der Waals surface area contributed by atoms with E-state index in [2.05, 4.69) is 42.5 Å². The molecule has 1 fully saturated rings. The van der Waals surface area contributed by atoms with Gasteiger partial charge in [0.25, 0.3) is 0 Å². The lowest BCUT2D eigenvalue weighted by Gasteiger charge is -2.27. The summed E-state index contributed by atoms with van der Waals surface area (Å²) in [6, 6.07) is -11.6. The van der Waals surface area contributed by atoms with Crippen molar-refractivity contribution in [2.45, 2.75) is 127 Å². The van der Waals surface area contributed by atoms with E-state index in [4.69, 9.17) is 22.9 Å². The Morgan fingerprint density at radius 2 is 0.500 bits per heavy atom. The maximum absolute atomic E-state index is 13.3. The lowest BCUT2D eigenvalue weighted by atomic mass is 10.1. The fraction of sp³-hybridized carbons (Fsp3) is 0.625. The monoisotopic (exact) mass is 796 g/mol. The van der Waals surface area contributed by atoms with E-state index in [1.165, 1.54) is 27.7 Å². The first-order valence-corrected chi connectivity index (χ1v) is 17.6. The number of hydrogen-bond acceptors (Lipinski definition) is 12. The average Bonchev–Trinajstić information content (AvgIpc) is 3.10. The maximum atomic E-state index is 13.3. The highest BCUT2D eigenvalue weighted by Gasteiger charge is 2.33. The van der Waals surface area contributed by atoms with Crippen molar-refractivity contribution < 1.29 is 57.5 Å². The molecule has 312 valence electrons. The Morgan fingerprint density at radius 1 is 0.339 bits per heavy atom. The molecule has 1 aliphatic rings. The third-order valence-electron chi connectivity index (χ3n) is 8.26. The van der Waals surface area contributed by atoms with Gasteiger partial charge in [0, 0.05) is 25.7 Å². The molecule has 0 aromatic rings. The molecule has 12 amide bonds. The zero-order valence-electron chi connectivity index (χ0n) is 31.5. The average molecular weight is 797 g/mol. The highest BCUT2D eigenvalue weighted by atomic mass is 16.2. The van der Waals surface area contributed by atoms with Gasteiger partial charge in [0.2, 0.25) is 70.9 Å². The van der Waals surface area contributed by atoms with Crippen molar-refractivity contribution in [3.05, 3.63) is 0 Å². The SMILES string of the molecule is C[C@H]1NC(=O)[C@H](CCC(N)=O)NC(=O)[C@@H](C)NC(=O)[C@H](CCC(N)=O)NC(=O)[C@@H](C)NC(=O)[C@H](CCC(N)=O)NC(=O)[C@@H](C)NC(=O)[C@H](CCC(N)=O)NC1=O. The molecule has 0 aromatic carbocycles. The van der Waals surface area contributed by atoms with Gasteiger partial charge in [-0.2, -0.15) is 0 Å². The van der Waals surface area contributed by atoms with Crippen LogP contribution in [0.15, 0.2) is 0 Å². The topological polar surface area (TPSA) is 405 Å². The number of rotatable bonds is 12. The van der Waals surface area contributed by atoms with Crippen LogP contribution in [-0.4, -0.2) is 119 Å². The van der Waals surface area contributed by atoms with Gasteiger partial charge < -0.3 is 65.5 Å². The second-order valence-corrected chi connectivity index (χ2v) is 13.2. The van der Waals surface area contributed by atoms with Crippen molar-refractivity contribution in [1.29, 1.82) is 0 Å². The molecular formula is C32H52N12O12. The van der Waals surface area contributed by atoms with E-state index in [0.717, 1.165) is 0 Å². The van der Waals surface area contributed by atoms with Crippen molar-refractivity contribution in [1.82, 2.24) is 42.5 Å². The lowest BCUT2D eigenvalue weighted by molar-refractivity contribution is -0.136. The first-order chi connectivity index (χ1) is 26.0. The van der Waals surface area contributed by atoms with Crippen molar-refractivity contribution in [3.63, 3.8) is 0 Å². The van der Waals surface area contributed by atoms with Gasteiger partial charge in [-0.3, -0.25) is 57.5 Å². The Labute approximate surface area is 321 Å². The summed E-state index contributed by atoms with van der Waals surface area (Å²) < 4.78 is 0. The molecule has 1 saturated heterocycles. The number of nitrogens with two attached hydrogens (primary N) is 4. The standard InChI is InChI=1S/C32H52N12O12/c1-13-25(49)41-18(6-10-22(34)46)30(54)38-15(3)27(51)43-20(8-12-24(36)48)32(56)40-16(4)28(52)44-19(7-11-23(35)47)31(55)39-14(2)26(50)42-17(29(53)37-13)5-9-21(33)45/h13-20H,5-12H2,1-4H3,(H2,33,45)(H2,34,46)(H2,35,47)(H2,36,48)(H,37,53)(H,38,54)(H,39,55)(H,40,56)(H,41,49)(H,42,50)(H,43,51)(H,44,52)/t13-,14-,15-,16-,17+,18+,19+,20+/m1/s1. The molecule has 24 nitrogen and oxygen atoms in total. The summed E-state index contributed by atoms with van der Waals surface area (Å²) in [6.45, 7) is 4.85. The minimum absolute atomic E-state index is 0.351. The molecular weight excluding hydrogens is 744 g/mol. The maximum Gasteiger partial charge on any atom is 0.243 e. The van der Waals surface area contributed by atoms with E-state index >= 15 is 0 Å². The van der Waals surface area contributed by atoms with Crippen LogP contribution in [0.4, 0.5) is 0 Å². The van der Waals surface area contributed by atoms with Gasteiger partial charge in [0.05, 0.1) is 0 Å². The van der Waals surface area contributed by atoms with E-state index in [0.29, 0.717) is 0 Å².